The standard InChI is InChI=1S/C19H23NO/c1-13-10-18(13)19-9-8-17(21-19)12-20-16-7-6-14-4-2-3-5-15(14)11-16/h2-5,8-9,13,16,18,20H,6-7,10-12H2,1H3. The molecule has 0 saturated heterocycles. The molecule has 0 radical (unpaired) electrons. The molecule has 1 aromatic carbocycles. The van der Waals surface area contributed by atoms with E-state index in [9.17, 15) is 0 Å². The van der Waals surface area contributed by atoms with Gasteiger partial charge in [-0.3, -0.25) is 0 Å². The second kappa shape index (κ2) is 5.34. The number of hydrogen-bond donors (Lipinski definition) is 1. The van der Waals surface area contributed by atoms with Gasteiger partial charge in [0.2, 0.25) is 0 Å². The van der Waals surface area contributed by atoms with Crippen LogP contribution < -0.4 is 5.32 Å². The van der Waals surface area contributed by atoms with Crippen molar-refractivity contribution in [3.05, 3.63) is 59.0 Å². The molecule has 1 fully saturated rings. The Morgan fingerprint density at radius 3 is 2.76 bits per heavy atom. The average molecular weight is 281 g/mol. The molecule has 3 atom stereocenters. The van der Waals surface area contributed by atoms with E-state index in [4.69, 9.17) is 4.42 Å². The number of hydrogen-bond acceptors (Lipinski definition) is 2. The fraction of sp³-hybridized carbons (Fsp3) is 0.474. The van der Waals surface area contributed by atoms with Gasteiger partial charge in [-0.05, 0) is 54.9 Å². The number of benzene rings is 1. The maximum absolute atomic E-state index is 5.98. The molecule has 1 heterocycles. The Bertz CT molecular complexity index is 630. The monoisotopic (exact) mass is 281 g/mol. The predicted molar refractivity (Wildman–Crippen MR) is 84.3 cm³/mol. The summed E-state index contributed by atoms with van der Waals surface area (Å²) in [6, 6.07) is 13.7. The van der Waals surface area contributed by atoms with Gasteiger partial charge < -0.3 is 9.73 Å². The van der Waals surface area contributed by atoms with Gasteiger partial charge in [0.15, 0.2) is 0 Å². The lowest BCUT2D eigenvalue weighted by Crippen LogP contribution is -2.33. The first-order valence-corrected chi connectivity index (χ1v) is 8.18. The molecule has 2 heteroatoms. The molecule has 0 spiro atoms. The van der Waals surface area contributed by atoms with E-state index in [1.165, 1.54) is 36.1 Å². The Morgan fingerprint density at radius 1 is 1.14 bits per heavy atom. The van der Waals surface area contributed by atoms with Crippen molar-refractivity contribution in [2.24, 2.45) is 5.92 Å². The van der Waals surface area contributed by atoms with Crippen LogP contribution in [0.1, 0.15) is 48.3 Å². The number of furan rings is 1. The van der Waals surface area contributed by atoms with Gasteiger partial charge in [-0.2, -0.15) is 0 Å². The zero-order valence-corrected chi connectivity index (χ0v) is 12.6. The SMILES string of the molecule is CC1CC1c1ccc(CNC2CCc3ccccc3C2)o1. The van der Waals surface area contributed by atoms with E-state index in [1.807, 2.05) is 0 Å². The minimum atomic E-state index is 0.577. The molecule has 2 aliphatic carbocycles. The fourth-order valence-corrected chi connectivity index (χ4v) is 3.52. The molecule has 4 rings (SSSR count). The molecule has 110 valence electrons. The summed E-state index contributed by atoms with van der Waals surface area (Å²) in [5.41, 5.74) is 3.03. The largest absolute Gasteiger partial charge is 0.464 e. The lowest BCUT2D eigenvalue weighted by molar-refractivity contribution is 0.401. The molecule has 0 amide bonds. The van der Waals surface area contributed by atoms with Crippen LogP contribution in [0.25, 0.3) is 0 Å². The summed E-state index contributed by atoms with van der Waals surface area (Å²) in [5.74, 6) is 3.77. The van der Waals surface area contributed by atoms with Crippen molar-refractivity contribution in [3.63, 3.8) is 0 Å². The third-order valence-electron chi connectivity index (χ3n) is 5.07. The number of fused-ring (bicyclic) bond motifs is 1. The van der Waals surface area contributed by atoms with E-state index in [0.29, 0.717) is 12.0 Å². The summed E-state index contributed by atoms with van der Waals surface area (Å²) in [6.45, 7) is 3.15. The zero-order chi connectivity index (χ0) is 14.2. The van der Waals surface area contributed by atoms with Gasteiger partial charge >= 0.3 is 0 Å². The van der Waals surface area contributed by atoms with Crippen LogP contribution in [0.2, 0.25) is 0 Å². The van der Waals surface area contributed by atoms with Crippen LogP contribution >= 0.6 is 0 Å². The molecule has 0 aliphatic heterocycles. The van der Waals surface area contributed by atoms with Gasteiger partial charge in [0.05, 0.1) is 6.54 Å². The van der Waals surface area contributed by atoms with Crippen LogP contribution in [0.5, 0.6) is 0 Å². The normalized spacial score (nSPS) is 27.4. The maximum Gasteiger partial charge on any atom is 0.117 e. The Hall–Kier alpha value is -1.54. The van der Waals surface area contributed by atoms with E-state index < -0.39 is 0 Å². The quantitative estimate of drug-likeness (QED) is 0.914. The second-order valence-corrected chi connectivity index (χ2v) is 6.71. The van der Waals surface area contributed by atoms with Crippen molar-refractivity contribution in [2.75, 3.05) is 0 Å². The van der Waals surface area contributed by atoms with Crippen LogP contribution in [0.15, 0.2) is 40.8 Å². The fourth-order valence-electron chi connectivity index (χ4n) is 3.52. The van der Waals surface area contributed by atoms with Gasteiger partial charge in [-0.1, -0.05) is 31.2 Å². The predicted octanol–water partition coefficient (Wildman–Crippen LogP) is 4.05. The van der Waals surface area contributed by atoms with E-state index in [0.717, 1.165) is 24.6 Å². The molecule has 2 nitrogen and oxygen atoms in total. The third kappa shape index (κ3) is 2.77. The highest BCUT2D eigenvalue weighted by molar-refractivity contribution is 5.30. The summed E-state index contributed by atoms with van der Waals surface area (Å²) in [4.78, 5) is 0. The maximum atomic E-state index is 5.98. The summed E-state index contributed by atoms with van der Waals surface area (Å²) < 4.78 is 5.98. The molecule has 21 heavy (non-hydrogen) atoms. The Kier molecular flexibility index (Phi) is 3.34. The van der Waals surface area contributed by atoms with Crippen molar-refractivity contribution < 1.29 is 4.42 Å². The molecule has 1 N–H and O–H groups in total. The van der Waals surface area contributed by atoms with Gasteiger partial charge in [-0.15, -0.1) is 0 Å². The Balaban J connectivity index is 1.34. The first kappa shape index (κ1) is 13.1. The molecule has 1 saturated carbocycles. The molecule has 0 bridgehead atoms. The lowest BCUT2D eigenvalue weighted by Gasteiger charge is -2.25. The van der Waals surface area contributed by atoms with Crippen LogP contribution in [0, 0.1) is 5.92 Å². The molecular weight excluding hydrogens is 258 g/mol. The molecular formula is C19H23NO. The van der Waals surface area contributed by atoms with Gasteiger partial charge in [-0.25, -0.2) is 0 Å². The Morgan fingerprint density at radius 2 is 1.95 bits per heavy atom. The highest BCUT2D eigenvalue weighted by atomic mass is 16.3. The minimum Gasteiger partial charge on any atom is -0.464 e. The van der Waals surface area contributed by atoms with E-state index in [-0.39, 0.29) is 0 Å². The summed E-state index contributed by atoms with van der Waals surface area (Å²) in [7, 11) is 0. The van der Waals surface area contributed by atoms with Gasteiger partial charge in [0, 0.05) is 12.0 Å². The highest BCUT2D eigenvalue weighted by Crippen LogP contribution is 2.47. The van der Waals surface area contributed by atoms with Crippen LogP contribution in [0.4, 0.5) is 0 Å². The van der Waals surface area contributed by atoms with Crippen molar-refractivity contribution in [1.82, 2.24) is 5.32 Å². The van der Waals surface area contributed by atoms with Crippen LogP contribution in [0.3, 0.4) is 0 Å². The highest BCUT2D eigenvalue weighted by Gasteiger charge is 2.36. The van der Waals surface area contributed by atoms with Crippen LogP contribution in [-0.4, -0.2) is 6.04 Å². The van der Waals surface area contributed by atoms with Crippen LogP contribution in [-0.2, 0) is 19.4 Å². The number of rotatable bonds is 4. The lowest BCUT2D eigenvalue weighted by atomic mass is 9.88. The van der Waals surface area contributed by atoms with E-state index >= 15 is 0 Å². The Labute approximate surface area is 126 Å². The van der Waals surface area contributed by atoms with Crippen molar-refractivity contribution >= 4 is 0 Å². The number of aryl methyl sites for hydroxylation is 1. The first-order chi connectivity index (χ1) is 10.3. The minimum absolute atomic E-state index is 0.577. The summed E-state index contributed by atoms with van der Waals surface area (Å²) >= 11 is 0. The van der Waals surface area contributed by atoms with Gasteiger partial charge in [0.25, 0.3) is 0 Å². The van der Waals surface area contributed by atoms with E-state index in [2.05, 4.69) is 48.6 Å². The third-order valence-corrected chi connectivity index (χ3v) is 5.07. The molecule has 2 aliphatic rings. The topological polar surface area (TPSA) is 25.2 Å². The van der Waals surface area contributed by atoms with Crippen molar-refractivity contribution in [3.8, 4) is 0 Å². The number of nitrogens with one attached hydrogen (secondary N) is 1. The molecule has 1 aromatic heterocycles. The summed E-state index contributed by atoms with van der Waals surface area (Å²) in [5, 5.41) is 3.67. The zero-order valence-electron chi connectivity index (χ0n) is 12.6. The smallest absolute Gasteiger partial charge is 0.117 e. The summed E-state index contributed by atoms with van der Waals surface area (Å²) in [6.07, 6.45) is 4.85. The van der Waals surface area contributed by atoms with Crippen molar-refractivity contribution in [2.45, 2.75) is 51.1 Å². The van der Waals surface area contributed by atoms with E-state index in [1.54, 1.807) is 0 Å². The van der Waals surface area contributed by atoms with Crippen molar-refractivity contribution in [1.29, 1.82) is 0 Å². The molecule has 2 aromatic rings. The van der Waals surface area contributed by atoms with Gasteiger partial charge in [0.1, 0.15) is 11.5 Å². The first-order valence-electron chi connectivity index (χ1n) is 8.18. The molecule has 3 unspecified atom stereocenters. The second-order valence-electron chi connectivity index (χ2n) is 6.71. The average Bonchev–Trinajstić information content (AvgIpc) is 3.07.